The Labute approximate surface area is 113 Å². The van der Waals surface area contributed by atoms with Crippen LogP contribution in [-0.4, -0.2) is 11.0 Å². The minimum absolute atomic E-state index is 0.488. The summed E-state index contributed by atoms with van der Waals surface area (Å²) in [5.41, 5.74) is 1.03. The number of hydrogen-bond donors (Lipinski definition) is 1. The van der Waals surface area contributed by atoms with Gasteiger partial charge in [-0.1, -0.05) is 26.7 Å². The Kier molecular flexibility index (Phi) is 5.96. The van der Waals surface area contributed by atoms with Crippen molar-refractivity contribution in [2.75, 3.05) is 5.32 Å². The second kappa shape index (κ2) is 7.00. The standard InChI is InChI=1S/C14H23BrN2/c1-10(2)6-5-7-11(3)16-14-9-8-13(15)12(4)17-14/h8-11H,5-7H2,1-4H3,(H,16,17). The van der Waals surface area contributed by atoms with Gasteiger partial charge in [-0.15, -0.1) is 0 Å². The van der Waals surface area contributed by atoms with Crippen molar-refractivity contribution in [3.05, 3.63) is 22.3 Å². The molecule has 0 bridgehead atoms. The van der Waals surface area contributed by atoms with Crippen LogP contribution in [0.5, 0.6) is 0 Å². The normalized spacial score (nSPS) is 12.8. The summed E-state index contributed by atoms with van der Waals surface area (Å²) < 4.78 is 1.07. The van der Waals surface area contributed by atoms with Gasteiger partial charge in [0.25, 0.3) is 0 Å². The number of anilines is 1. The van der Waals surface area contributed by atoms with Crippen LogP contribution in [-0.2, 0) is 0 Å². The molecule has 1 aromatic heterocycles. The Balaban J connectivity index is 2.39. The lowest BCUT2D eigenvalue weighted by molar-refractivity contribution is 0.520. The molecule has 0 aromatic carbocycles. The quantitative estimate of drug-likeness (QED) is 0.817. The number of aromatic nitrogens is 1. The summed E-state index contributed by atoms with van der Waals surface area (Å²) in [7, 11) is 0. The molecule has 1 rings (SSSR count). The molecule has 0 spiro atoms. The first-order valence-corrected chi connectivity index (χ1v) is 7.18. The van der Waals surface area contributed by atoms with E-state index in [0.29, 0.717) is 6.04 Å². The van der Waals surface area contributed by atoms with Gasteiger partial charge in [-0.2, -0.15) is 0 Å². The smallest absolute Gasteiger partial charge is 0.126 e. The van der Waals surface area contributed by atoms with Gasteiger partial charge in [0.1, 0.15) is 5.82 Å². The van der Waals surface area contributed by atoms with E-state index in [-0.39, 0.29) is 0 Å². The first-order valence-electron chi connectivity index (χ1n) is 6.38. The Hall–Kier alpha value is -0.570. The van der Waals surface area contributed by atoms with Crippen LogP contribution in [0, 0.1) is 12.8 Å². The first kappa shape index (κ1) is 14.5. The van der Waals surface area contributed by atoms with E-state index in [9.17, 15) is 0 Å². The summed E-state index contributed by atoms with van der Waals surface area (Å²) in [5.74, 6) is 1.78. The summed E-state index contributed by atoms with van der Waals surface area (Å²) in [6, 6.07) is 4.56. The maximum Gasteiger partial charge on any atom is 0.126 e. The Morgan fingerprint density at radius 1 is 1.24 bits per heavy atom. The minimum Gasteiger partial charge on any atom is -0.368 e. The van der Waals surface area contributed by atoms with Crippen molar-refractivity contribution in [2.24, 2.45) is 5.92 Å². The van der Waals surface area contributed by atoms with Crippen LogP contribution in [0.2, 0.25) is 0 Å². The Morgan fingerprint density at radius 2 is 1.94 bits per heavy atom. The highest BCUT2D eigenvalue weighted by Crippen LogP contribution is 2.17. The molecule has 1 aromatic rings. The van der Waals surface area contributed by atoms with E-state index >= 15 is 0 Å². The predicted molar refractivity (Wildman–Crippen MR) is 78.4 cm³/mol. The molecule has 0 aliphatic heterocycles. The summed E-state index contributed by atoms with van der Waals surface area (Å²) >= 11 is 3.46. The van der Waals surface area contributed by atoms with Crippen molar-refractivity contribution in [3.63, 3.8) is 0 Å². The summed E-state index contributed by atoms with van der Waals surface area (Å²) in [4.78, 5) is 4.50. The molecular formula is C14H23BrN2. The number of pyridine rings is 1. The molecule has 0 aliphatic carbocycles. The fraction of sp³-hybridized carbons (Fsp3) is 0.643. The largest absolute Gasteiger partial charge is 0.368 e. The topological polar surface area (TPSA) is 24.9 Å². The molecule has 2 nitrogen and oxygen atoms in total. The lowest BCUT2D eigenvalue weighted by Crippen LogP contribution is -2.16. The molecule has 1 N–H and O–H groups in total. The van der Waals surface area contributed by atoms with Crippen molar-refractivity contribution in [3.8, 4) is 0 Å². The van der Waals surface area contributed by atoms with E-state index in [4.69, 9.17) is 0 Å². The first-order chi connectivity index (χ1) is 7.99. The fourth-order valence-corrected chi connectivity index (χ4v) is 2.00. The number of nitrogens with one attached hydrogen (secondary N) is 1. The van der Waals surface area contributed by atoms with Crippen molar-refractivity contribution < 1.29 is 0 Å². The average Bonchev–Trinajstić information content (AvgIpc) is 2.23. The average molecular weight is 299 g/mol. The SMILES string of the molecule is Cc1nc(NC(C)CCCC(C)C)ccc1Br. The van der Waals surface area contributed by atoms with Crippen LogP contribution in [0.25, 0.3) is 0 Å². The van der Waals surface area contributed by atoms with Crippen LogP contribution in [0.4, 0.5) is 5.82 Å². The van der Waals surface area contributed by atoms with E-state index < -0.39 is 0 Å². The van der Waals surface area contributed by atoms with Gasteiger partial charge in [-0.25, -0.2) is 4.98 Å². The molecule has 0 fully saturated rings. The zero-order valence-electron chi connectivity index (χ0n) is 11.3. The molecule has 96 valence electrons. The minimum atomic E-state index is 0.488. The molecule has 1 heterocycles. The van der Waals surface area contributed by atoms with Gasteiger partial charge in [0.15, 0.2) is 0 Å². The van der Waals surface area contributed by atoms with E-state index in [1.807, 2.05) is 19.1 Å². The van der Waals surface area contributed by atoms with Gasteiger partial charge in [-0.3, -0.25) is 0 Å². The molecule has 1 unspecified atom stereocenters. The molecule has 3 heteroatoms. The highest BCUT2D eigenvalue weighted by molar-refractivity contribution is 9.10. The van der Waals surface area contributed by atoms with E-state index in [1.54, 1.807) is 0 Å². The van der Waals surface area contributed by atoms with Gasteiger partial charge >= 0.3 is 0 Å². The third-order valence-electron chi connectivity index (χ3n) is 2.83. The Morgan fingerprint density at radius 3 is 2.53 bits per heavy atom. The van der Waals surface area contributed by atoms with Crippen LogP contribution in [0.1, 0.15) is 45.7 Å². The molecular weight excluding hydrogens is 276 g/mol. The van der Waals surface area contributed by atoms with E-state index in [1.165, 1.54) is 19.3 Å². The summed E-state index contributed by atoms with van der Waals surface area (Å²) in [5, 5.41) is 3.45. The second-order valence-electron chi connectivity index (χ2n) is 5.13. The van der Waals surface area contributed by atoms with E-state index in [2.05, 4.69) is 47.0 Å². The van der Waals surface area contributed by atoms with Gasteiger partial charge < -0.3 is 5.32 Å². The number of aryl methyl sites for hydroxylation is 1. The Bertz CT molecular complexity index is 350. The third-order valence-corrected chi connectivity index (χ3v) is 3.67. The summed E-state index contributed by atoms with van der Waals surface area (Å²) in [6.45, 7) is 8.79. The fourth-order valence-electron chi connectivity index (χ4n) is 1.78. The number of nitrogens with zero attached hydrogens (tertiary/aromatic N) is 1. The van der Waals surface area contributed by atoms with Gasteiger partial charge in [-0.05, 0) is 54.2 Å². The van der Waals surface area contributed by atoms with Crippen LogP contribution >= 0.6 is 15.9 Å². The van der Waals surface area contributed by atoms with Gasteiger partial charge in [0, 0.05) is 10.5 Å². The van der Waals surface area contributed by atoms with Crippen molar-refractivity contribution in [1.29, 1.82) is 0 Å². The molecule has 0 amide bonds. The highest BCUT2D eigenvalue weighted by Gasteiger charge is 2.05. The second-order valence-corrected chi connectivity index (χ2v) is 5.99. The molecule has 0 aliphatic rings. The molecule has 0 saturated carbocycles. The summed E-state index contributed by atoms with van der Waals surface area (Å²) in [6.07, 6.45) is 3.79. The van der Waals surface area contributed by atoms with E-state index in [0.717, 1.165) is 21.9 Å². The van der Waals surface area contributed by atoms with Crippen LogP contribution < -0.4 is 5.32 Å². The monoisotopic (exact) mass is 298 g/mol. The molecule has 0 radical (unpaired) electrons. The zero-order valence-corrected chi connectivity index (χ0v) is 12.8. The number of rotatable bonds is 6. The van der Waals surface area contributed by atoms with Crippen molar-refractivity contribution in [2.45, 2.75) is 53.0 Å². The predicted octanol–water partition coefficient (Wildman–Crippen LogP) is 4.78. The van der Waals surface area contributed by atoms with Crippen molar-refractivity contribution >= 4 is 21.7 Å². The highest BCUT2D eigenvalue weighted by atomic mass is 79.9. The number of hydrogen-bond acceptors (Lipinski definition) is 2. The van der Waals surface area contributed by atoms with Crippen molar-refractivity contribution in [1.82, 2.24) is 4.98 Å². The third kappa shape index (κ3) is 5.53. The maximum absolute atomic E-state index is 4.50. The zero-order chi connectivity index (χ0) is 12.8. The van der Waals surface area contributed by atoms with Gasteiger partial charge in [0.05, 0.1) is 5.69 Å². The van der Waals surface area contributed by atoms with Crippen LogP contribution in [0.15, 0.2) is 16.6 Å². The lowest BCUT2D eigenvalue weighted by Gasteiger charge is -2.15. The molecule has 17 heavy (non-hydrogen) atoms. The molecule has 1 atom stereocenters. The maximum atomic E-state index is 4.50. The lowest BCUT2D eigenvalue weighted by atomic mass is 10.0. The van der Waals surface area contributed by atoms with Gasteiger partial charge in [0.2, 0.25) is 0 Å². The number of halogens is 1. The van der Waals surface area contributed by atoms with Crippen LogP contribution in [0.3, 0.4) is 0 Å². The molecule has 0 saturated heterocycles.